The molecule has 11 heteroatoms. The van der Waals surface area contributed by atoms with Gasteiger partial charge in [-0.15, -0.1) is 0 Å². The van der Waals surface area contributed by atoms with Crippen LogP contribution in [0.15, 0.2) is 41.4 Å². The highest BCUT2D eigenvalue weighted by molar-refractivity contribution is 6.48. The average Bonchev–Trinajstić information content (AvgIpc) is 2.71. The van der Waals surface area contributed by atoms with Crippen LogP contribution in [-0.4, -0.2) is 29.0 Å². The number of carbonyl (C=O) groups is 2. The third-order valence-corrected chi connectivity index (χ3v) is 4.29. The molecule has 2 aromatic rings. The first-order chi connectivity index (χ1) is 14.7. The second-order valence-electron chi connectivity index (χ2n) is 5.92. The van der Waals surface area contributed by atoms with Gasteiger partial charge in [0.1, 0.15) is 18.2 Å². The first kappa shape index (κ1) is 23.8. The van der Waals surface area contributed by atoms with Crippen LogP contribution in [0.1, 0.15) is 18.9 Å². The molecule has 0 unspecified atom stereocenters. The number of non-ortho nitro benzene ring substituents is 1. The molecule has 0 aliphatic carbocycles. The number of esters is 1. The number of carbonyl (C=O) groups excluding carboxylic acids is 2. The number of rotatable bonds is 9. The molecule has 0 saturated heterocycles. The van der Waals surface area contributed by atoms with E-state index < -0.39 is 28.8 Å². The standard InChI is InChI=1S/C20H15Cl2N3O6/c1-2-30-19(27)9-18(26)17(10-23)24-11-12-7-15(21)20(16(22)8-12)31-14-5-3-13(4-6-14)25(28)29/h3-8H,2,9,11H2,1H3. The Morgan fingerprint density at radius 1 is 1.19 bits per heavy atom. The van der Waals surface area contributed by atoms with E-state index in [9.17, 15) is 19.7 Å². The highest BCUT2D eigenvalue weighted by atomic mass is 35.5. The molecule has 0 spiro atoms. The number of benzene rings is 2. The minimum absolute atomic E-state index is 0.0886. The molecule has 0 heterocycles. The van der Waals surface area contributed by atoms with E-state index in [0.29, 0.717) is 5.56 Å². The largest absolute Gasteiger partial charge is 0.466 e. The van der Waals surface area contributed by atoms with Crippen molar-refractivity contribution in [2.45, 2.75) is 19.9 Å². The molecule has 0 fully saturated rings. The number of ketones is 1. The zero-order chi connectivity index (χ0) is 23.0. The van der Waals surface area contributed by atoms with Gasteiger partial charge in [0.15, 0.2) is 11.5 Å². The number of nitriles is 1. The Balaban J connectivity index is 2.14. The molecule has 0 radical (unpaired) electrons. The third-order valence-electron chi connectivity index (χ3n) is 3.73. The molecule has 0 aliphatic heterocycles. The first-order valence-corrected chi connectivity index (χ1v) is 9.54. The van der Waals surface area contributed by atoms with Gasteiger partial charge in [-0.05, 0) is 36.8 Å². The van der Waals surface area contributed by atoms with E-state index in [1.54, 1.807) is 13.0 Å². The monoisotopic (exact) mass is 463 g/mol. The maximum Gasteiger partial charge on any atom is 0.313 e. The smallest absolute Gasteiger partial charge is 0.313 e. The van der Waals surface area contributed by atoms with Crippen LogP contribution in [-0.2, 0) is 20.9 Å². The molecule has 0 aromatic heterocycles. The summed E-state index contributed by atoms with van der Waals surface area (Å²) >= 11 is 12.4. The summed E-state index contributed by atoms with van der Waals surface area (Å²) in [5.41, 5.74) is -0.0298. The van der Waals surface area contributed by atoms with Crippen molar-refractivity contribution in [2.24, 2.45) is 4.99 Å². The van der Waals surface area contributed by atoms with E-state index in [1.165, 1.54) is 36.4 Å². The van der Waals surface area contributed by atoms with Gasteiger partial charge in [-0.2, -0.15) is 5.26 Å². The van der Waals surface area contributed by atoms with Gasteiger partial charge < -0.3 is 9.47 Å². The normalized spacial score (nSPS) is 10.8. The van der Waals surface area contributed by atoms with Crippen LogP contribution in [0.3, 0.4) is 0 Å². The first-order valence-electron chi connectivity index (χ1n) is 8.78. The van der Waals surface area contributed by atoms with Crippen molar-refractivity contribution >= 4 is 46.4 Å². The molecule has 0 saturated carbocycles. The minimum atomic E-state index is -0.753. The summed E-state index contributed by atoms with van der Waals surface area (Å²) in [6.07, 6.45) is -0.580. The summed E-state index contributed by atoms with van der Waals surface area (Å²) in [6.45, 7) is 1.63. The van der Waals surface area contributed by atoms with E-state index in [0.717, 1.165) is 0 Å². The Morgan fingerprint density at radius 3 is 2.32 bits per heavy atom. The van der Waals surface area contributed by atoms with Crippen LogP contribution in [0.4, 0.5) is 5.69 Å². The summed E-state index contributed by atoms with van der Waals surface area (Å²) in [5, 5.41) is 20.1. The number of aliphatic imine (C=N–C) groups is 1. The number of hydrogen-bond acceptors (Lipinski definition) is 8. The zero-order valence-electron chi connectivity index (χ0n) is 16.1. The van der Waals surface area contributed by atoms with Gasteiger partial charge in [0.2, 0.25) is 5.78 Å². The summed E-state index contributed by atoms with van der Waals surface area (Å²) in [7, 11) is 0. The van der Waals surface area contributed by atoms with Crippen LogP contribution in [0.5, 0.6) is 11.5 Å². The minimum Gasteiger partial charge on any atom is -0.466 e. The number of nitro benzene ring substituents is 1. The topological polar surface area (TPSA) is 132 Å². The van der Waals surface area contributed by atoms with Crippen molar-refractivity contribution in [3.8, 4) is 17.6 Å². The number of hydrogen-bond donors (Lipinski definition) is 0. The molecule has 2 rings (SSSR count). The Labute approximate surface area is 187 Å². The van der Waals surface area contributed by atoms with E-state index in [-0.39, 0.29) is 40.4 Å². The molecule has 0 N–H and O–H groups in total. The van der Waals surface area contributed by atoms with Gasteiger partial charge in [0, 0.05) is 12.1 Å². The van der Waals surface area contributed by atoms with Crippen LogP contribution in [0, 0.1) is 21.4 Å². The summed E-state index contributed by atoms with van der Waals surface area (Å²) in [5.74, 6) is -1.08. The summed E-state index contributed by atoms with van der Waals surface area (Å²) < 4.78 is 10.3. The van der Waals surface area contributed by atoms with Gasteiger partial charge in [-0.3, -0.25) is 24.7 Å². The van der Waals surface area contributed by atoms with E-state index in [2.05, 4.69) is 9.73 Å². The lowest BCUT2D eigenvalue weighted by atomic mass is 10.2. The van der Waals surface area contributed by atoms with Gasteiger partial charge >= 0.3 is 5.97 Å². The molecular weight excluding hydrogens is 449 g/mol. The highest BCUT2D eigenvalue weighted by Gasteiger charge is 2.17. The van der Waals surface area contributed by atoms with Crippen LogP contribution < -0.4 is 4.74 Å². The van der Waals surface area contributed by atoms with Gasteiger partial charge in [0.05, 0.1) is 28.1 Å². The lowest BCUT2D eigenvalue weighted by Crippen LogP contribution is -2.18. The summed E-state index contributed by atoms with van der Waals surface area (Å²) in [6, 6.07) is 9.99. The second kappa shape index (κ2) is 11.1. The number of halogens is 2. The second-order valence-corrected chi connectivity index (χ2v) is 6.74. The Hall–Kier alpha value is -3.48. The highest BCUT2D eigenvalue weighted by Crippen LogP contribution is 2.38. The molecule has 0 amide bonds. The van der Waals surface area contributed by atoms with Crippen molar-refractivity contribution in [2.75, 3.05) is 6.61 Å². The molecule has 2 aromatic carbocycles. The fraction of sp³-hybridized carbons (Fsp3) is 0.200. The van der Waals surface area contributed by atoms with Gasteiger partial charge in [0.25, 0.3) is 5.69 Å². The quantitative estimate of drug-likeness (QED) is 0.173. The Morgan fingerprint density at radius 2 is 1.81 bits per heavy atom. The average molecular weight is 464 g/mol. The number of Topliss-reactive ketones (excluding diaryl/α,β-unsaturated/α-hetero) is 1. The van der Waals surface area contributed by atoms with E-state index in [1.807, 2.05) is 0 Å². The number of nitrogens with zero attached hydrogens (tertiary/aromatic N) is 3. The third kappa shape index (κ3) is 6.77. The van der Waals surface area contributed by atoms with Crippen LogP contribution in [0.2, 0.25) is 10.0 Å². The lowest BCUT2D eigenvalue weighted by molar-refractivity contribution is -0.384. The Kier molecular flexibility index (Phi) is 8.49. The van der Waals surface area contributed by atoms with E-state index >= 15 is 0 Å². The fourth-order valence-electron chi connectivity index (χ4n) is 2.34. The van der Waals surface area contributed by atoms with Crippen LogP contribution >= 0.6 is 23.2 Å². The van der Waals surface area contributed by atoms with Crippen molar-refractivity contribution in [3.63, 3.8) is 0 Å². The lowest BCUT2D eigenvalue weighted by Gasteiger charge is -2.11. The maximum atomic E-state index is 12.0. The summed E-state index contributed by atoms with van der Waals surface area (Å²) in [4.78, 5) is 37.5. The zero-order valence-corrected chi connectivity index (χ0v) is 17.6. The van der Waals surface area contributed by atoms with Crippen LogP contribution in [0.25, 0.3) is 0 Å². The predicted molar refractivity (Wildman–Crippen MR) is 113 cm³/mol. The van der Waals surface area contributed by atoms with Crippen molar-refractivity contribution < 1.29 is 24.0 Å². The number of ether oxygens (including phenoxy) is 2. The molecule has 0 aliphatic rings. The Bertz CT molecular complexity index is 1050. The molecular formula is C20H15Cl2N3O6. The molecule has 9 nitrogen and oxygen atoms in total. The van der Waals surface area contributed by atoms with Gasteiger partial charge in [-0.1, -0.05) is 23.2 Å². The maximum absolute atomic E-state index is 12.0. The number of nitro groups is 1. The molecule has 0 atom stereocenters. The van der Waals surface area contributed by atoms with Crippen molar-refractivity contribution in [1.82, 2.24) is 0 Å². The van der Waals surface area contributed by atoms with Crippen molar-refractivity contribution in [3.05, 3.63) is 62.1 Å². The fourth-order valence-corrected chi connectivity index (χ4v) is 2.95. The van der Waals surface area contributed by atoms with E-state index in [4.69, 9.17) is 33.2 Å². The van der Waals surface area contributed by atoms with Crippen molar-refractivity contribution in [1.29, 1.82) is 5.26 Å². The molecule has 31 heavy (non-hydrogen) atoms. The SMILES string of the molecule is CCOC(=O)CC(=O)C(C#N)=NCc1cc(Cl)c(Oc2ccc([N+](=O)[O-])cc2)c(Cl)c1. The molecule has 160 valence electrons. The van der Waals surface area contributed by atoms with Gasteiger partial charge in [-0.25, -0.2) is 0 Å². The predicted octanol–water partition coefficient (Wildman–Crippen LogP) is 4.68. The molecule has 0 bridgehead atoms.